The van der Waals surface area contributed by atoms with Crippen LogP contribution in [0.15, 0.2) is 0 Å². The number of rotatable bonds is 4. The zero-order valence-corrected chi connectivity index (χ0v) is 14.8. The van der Waals surface area contributed by atoms with Crippen molar-refractivity contribution in [3.8, 4) is 0 Å². The van der Waals surface area contributed by atoms with Crippen LogP contribution in [-0.4, -0.2) is 42.3 Å². The smallest absolute Gasteiger partial charge is 0.243 e. The average Bonchev–Trinajstić information content (AvgIpc) is 3.09. The highest BCUT2D eigenvalue weighted by molar-refractivity contribution is 7.94. The summed E-state index contributed by atoms with van der Waals surface area (Å²) in [5.41, 5.74) is 0.249. The zero-order chi connectivity index (χ0) is 16.1. The number of sulfone groups is 1. The topological polar surface area (TPSA) is 54.5 Å². The number of amides is 1. The van der Waals surface area contributed by atoms with Gasteiger partial charge in [0, 0.05) is 13.1 Å². The summed E-state index contributed by atoms with van der Waals surface area (Å²) in [7, 11) is -3.35. The Bertz CT molecular complexity index is 512. The third-order valence-corrected chi connectivity index (χ3v) is 7.61. The van der Waals surface area contributed by atoms with Crippen LogP contribution in [0.5, 0.6) is 0 Å². The second-order valence-electron chi connectivity index (χ2n) is 8.43. The molecule has 0 radical (unpaired) electrons. The van der Waals surface area contributed by atoms with Gasteiger partial charge in [0.05, 0.1) is 5.25 Å². The van der Waals surface area contributed by atoms with Crippen LogP contribution in [0.3, 0.4) is 0 Å². The van der Waals surface area contributed by atoms with Crippen molar-refractivity contribution in [2.75, 3.05) is 13.1 Å². The molecule has 0 aromatic rings. The Morgan fingerprint density at radius 3 is 2.14 bits per heavy atom. The predicted octanol–water partition coefficient (Wildman–Crippen LogP) is 2.63. The molecule has 0 aromatic carbocycles. The first-order chi connectivity index (χ1) is 9.45. The van der Waals surface area contributed by atoms with E-state index in [0.29, 0.717) is 31.8 Å². The number of carbonyl (C=O) groups excluding carboxylic acids is 1. The molecule has 0 bridgehead atoms. The second-order valence-corrected chi connectivity index (χ2v) is 11.2. The molecule has 1 amide bonds. The third-order valence-electron chi connectivity index (χ3n) is 4.66. The summed E-state index contributed by atoms with van der Waals surface area (Å²) >= 11 is 0. The number of hydrogen-bond donors (Lipinski definition) is 0. The van der Waals surface area contributed by atoms with Gasteiger partial charge < -0.3 is 4.90 Å². The quantitative estimate of drug-likeness (QED) is 0.801. The Labute approximate surface area is 129 Å². The first-order valence-electron chi connectivity index (χ1n) is 7.98. The average molecular weight is 315 g/mol. The molecule has 122 valence electrons. The maximum Gasteiger partial charge on any atom is 0.243 e. The van der Waals surface area contributed by atoms with Crippen molar-refractivity contribution < 1.29 is 13.2 Å². The van der Waals surface area contributed by atoms with E-state index in [1.165, 1.54) is 0 Å². The fraction of sp³-hybridized carbons (Fsp3) is 0.938. The van der Waals surface area contributed by atoms with Gasteiger partial charge in [-0.3, -0.25) is 4.79 Å². The molecule has 1 atom stereocenters. The molecule has 0 spiro atoms. The van der Waals surface area contributed by atoms with Gasteiger partial charge in [0.15, 0.2) is 9.84 Å². The first-order valence-corrected chi connectivity index (χ1v) is 9.52. The van der Waals surface area contributed by atoms with E-state index in [1.54, 1.807) is 18.7 Å². The van der Waals surface area contributed by atoms with Gasteiger partial charge in [0.25, 0.3) is 0 Å². The lowest BCUT2D eigenvalue weighted by molar-refractivity contribution is -0.132. The summed E-state index contributed by atoms with van der Waals surface area (Å²) in [4.78, 5) is 14.5. The van der Waals surface area contributed by atoms with Gasteiger partial charge in [-0.25, -0.2) is 8.42 Å². The molecule has 2 rings (SSSR count). The minimum atomic E-state index is -3.35. The van der Waals surface area contributed by atoms with Crippen LogP contribution in [0.1, 0.15) is 60.3 Å². The van der Waals surface area contributed by atoms with Crippen LogP contribution in [0.25, 0.3) is 0 Å². The number of carbonyl (C=O) groups is 1. The van der Waals surface area contributed by atoms with E-state index < -0.39 is 14.6 Å². The van der Waals surface area contributed by atoms with E-state index in [9.17, 15) is 13.2 Å². The van der Waals surface area contributed by atoms with Crippen LogP contribution >= 0.6 is 0 Å². The van der Waals surface area contributed by atoms with Gasteiger partial charge in [0.1, 0.15) is 4.75 Å². The Kier molecular flexibility index (Phi) is 4.20. The largest absolute Gasteiger partial charge is 0.341 e. The van der Waals surface area contributed by atoms with Crippen molar-refractivity contribution >= 4 is 15.7 Å². The molecule has 1 aliphatic heterocycles. The second kappa shape index (κ2) is 5.25. The fourth-order valence-corrected chi connectivity index (χ4v) is 5.31. The predicted molar refractivity (Wildman–Crippen MR) is 84.8 cm³/mol. The summed E-state index contributed by atoms with van der Waals surface area (Å²) in [6.45, 7) is 11.2. The lowest BCUT2D eigenvalue weighted by Crippen LogP contribution is -2.50. The van der Waals surface area contributed by atoms with Gasteiger partial charge in [-0.15, -0.1) is 0 Å². The van der Waals surface area contributed by atoms with Gasteiger partial charge >= 0.3 is 0 Å². The van der Waals surface area contributed by atoms with Crippen LogP contribution in [0, 0.1) is 11.3 Å². The molecule has 1 heterocycles. The summed E-state index contributed by atoms with van der Waals surface area (Å²) < 4.78 is 23.7. The normalized spacial score (nSPS) is 24.4. The lowest BCUT2D eigenvalue weighted by Gasteiger charge is -2.29. The van der Waals surface area contributed by atoms with Crippen molar-refractivity contribution in [2.24, 2.45) is 11.3 Å². The van der Waals surface area contributed by atoms with Gasteiger partial charge in [0.2, 0.25) is 5.91 Å². The van der Waals surface area contributed by atoms with Crippen molar-refractivity contribution in [3.05, 3.63) is 0 Å². The van der Waals surface area contributed by atoms with E-state index >= 15 is 0 Å². The summed E-state index contributed by atoms with van der Waals surface area (Å²) in [5, 5.41) is -0.288. The molecule has 1 unspecified atom stereocenters. The minimum absolute atomic E-state index is 0.203. The minimum Gasteiger partial charge on any atom is -0.341 e. The van der Waals surface area contributed by atoms with Crippen LogP contribution < -0.4 is 0 Å². The van der Waals surface area contributed by atoms with E-state index in [0.717, 1.165) is 12.8 Å². The standard InChI is InChI=1S/C16H29NO3S/c1-15(2,3)10-12-8-9-17(11-12)14(18)16(4,5)21(19,20)13-6-7-13/h12-13H,6-11H2,1-5H3. The molecule has 5 heteroatoms. The molecule has 1 saturated carbocycles. The molecule has 2 aliphatic rings. The SMILES string of the molecule is CC(C)(C)CC1CCN(C(=O)C(C)(C)S(=O)(=O)C2CC2)C1. The van der Waals surface area contributed by atoms with Crippen LogP contribution in [-0.2, 0) is 14.6 Å². The number of hydrogen-bond acceptors (Lipinski definition) is 3. The van der Waals surface area contributed by atoms with Gasteiger partial charge in [-0.2, -0.15) is 0 Å². The van der Waals surface area contributed by atoms with Crippen LogP contribution in [0.4, 0.5) is 0 Å². The highest BCUT2D eigenvalue weighted by Crippen LogP contribution is 2.38. The fourth-order valence-electron chi connectivity index (χ4n) is 3.35. The Morgan fingerprint density at radius 1 is 1.10 bits per heavy atom. The summed E-state index contributed by atoms with van der Waals surface area (Å²) in [6.07, 6.45) is 3.49. The molecular weight excluding hydrogens is 286 g/mol. The van der Waals surface area contributed by atoms with E-state index in [2.05, 4.69) is 20.8 Å². The summed E-state index contributed by atoms with van der Waals surface area (Å²) in [5.74, 6) is 0.291. The Balaban J connectivity index is 2.04. The van der Waals surface area contributed by atoms with E-state index in [-0.39, 0.29) is 16.6 Å². The van der Waals surface area contributed by atoms with E-state index in [4.69, 9.17) is 0 Å². The molecular formula is C16H29NO3S. The third kappa shape index (κ3) is 3.43. The monoisotopic (exact) mass is 315 g/mol. The van der Waals surface area contributed by atoms with Gasteiger partial charge in [-0.1, -0.05) is 20.8 Å². The maximum atomic E-state index is 12.7. The number of nitrogens with zero attached hydrogens (tertiary/aromatic N) is 1. The summed E-state index contributed by atoms with van der Waals surface area (Å²) in [6, 6.07) is 0. The molecule has 1 aliphatic carbocycles. The first kappa shape index (κ1) is 16.8. The highest BCUT2D eigenvalue weighted by Gasteiger charge is 2.52. The zero-order valence-electron chi connectivity index (χ0n) is 14.0. The molecule has 21 heavy (non-hydrogen) atoms. The van der Waals surface area contributed by atoms with E-state index in [1.807, 2.05) is 0 Å². The molecule has 2 fully saturated rings. The molecule has 0 N–H and O–H groups in total. The maximum absolute atomic E-state index is 12.7. The Morgan fingerprint density at radius 2 is 1.67 bits per heavy atom. The van der Waals surface area contributed by atoms with Crippen molar-refractivity contribution in [1.82, 2.24) is 4.90 Å². The van der Waals surface area contributed by atoms with Crippen molar-refractivity contribution in [3.63, 3.8) is 0 Å². The van der Waals surface area contributed by atoms with Crippen LogP contribution in [0.2, 0.25) is 0 Å². The molecule has 0 aromatic heterocycles. The number of likely N-dealkylation sites (tertiary alicyclic amines) is 1. The van der Waals surface area contributed by atoms with Crippen molar-refractivity contribution in [1.29, 1.82) is 0 Å². The highest BCUT2D eigenvalue weighted by atomic mass is 32.2. The van der Waals surface area contributed by atoms with Crippen molar-refractivity contribution in [2.45, 2.75) is 70.3 Å². The van der Waals surface area contributed by atoms with Gasteiger partial charge in [-0.05, 0) is 50.9 Å². The molecule has 1 saturated heterocycles. The lowest BCUT2D eigenvalue weighted by atomic mass is 9.84. The molecule has 4 nitrogen and oxygen atoms in total. The Hall–Kier alpha value is -0.580.